The highest BCUT2D eigenvalue weighted by Gasteiger charge is 2.47. The van der Waals surface area contributed by atoms with Crippen molar-refractivity contribution in [3.63, 3.8) is 0 Å². The molecule has 10 heteroatoms. The summed E-state index contributed by atoms with van der Waals surface area (Å²) in [4.78, 5) is 32.4. The SMILES string of the molecule is COc1ccc(OC)c(C2C(C(=O)c3ccco3)=C(O)C(=O)N2c2nc3ccc(F)cc3s2)c1. The molecule has 0 radical (unpaired) electrons. The summed E-state index contributed by atoms with van der Waals surface area (Å²) >= 11 is 1.06. The lowest BCUT2D eigenvalue weighted by Crippen LogP contribution is -2.31. The first-order valence-corrected chi connectivity index (χ1v) is 10.9. The first-order valence-electron chi connectivity index (χ1n) is 10.1. The molecule has 1 aliphatic heterocycles. The van der Waals surface area contributed by atoms with Crippen LogP contribution in [0.4, 0.5) is 9.52 Å². The van der Waals surface area contributed by atoms with Gasteiger partial charge in [0.25, 0.3) is 5.91 Å². The fourth-order valence-electron chi connectivity index (χ4n) is 3.91. The van der Waals surface area contributed by atoms with Gasteiger partial charge < -0.3 is 19.0 Å². The highest BCUT2D eigenvalue weighted by Crippen LogP contribution is 2.47. The maximum absolute atomic E-state index is 13.8. The molecule has 0 bridgehead atoms. The normalized spacial score (nSPS) is 15.9. The number of aliphatic hydroxyl groups excluding tert-OH is 1. The third-order valence-corrected chi connectivity index (χ3v) is 6.49. The number of hydrogen-bond acceptors (Lipinski definition) is 8. The van der Waals surface area contributed by atoms with E-state index in [9.17, 15) is 19.1 Å². The van der Waals surface area contributed by atoms with Crippen molar-refractivity contribution in [1.82, 2.24) is 4.98 Å². The molecule has 0 saturated heterocycles. The van der Waals surface area contributed by atoms with Gasteiger partial charge in [0.2, 0.25) is 5.78 Å². The number of nitrogens with zero attached hydrogens (tertiary/aromatic N) is 2. The predicted octanol–water partition coefficient (Wildman–Crippen LogP) is 4.83. The highest BCUT2D eigenvalue weighted by atomic mass is 32.1. The van der Waals surface area contributed by atoms with E-state index < -0.39 is 29.3 Å². The van der Waals surface area contributed by atoms with Gasteiger partial charge in [0.15, 0.2) is 16.7 Å². The van der Waals surface area contributed by atoms with Crippen LogP contribution < -0.4 is 14.4 Å². The summed E-state index contributed by atoms with van der Waals surface area (Å²) in [7, 11) is 2.93. The number of aromatic nitrogens is 1. The van der Waals surface area contributed by atoms with Gasteiger partial charge in [0.05, 0.1) is 36.3 Å². The van der Waals surface area contributed by atoms with Crippen molar-refractivity contribution < 1.29 is 33.0 Å². The van der Waals surface area contributed by atoms with E-state index >= 15 is 0 Å². The van der Waals surface area contributed by atoms with Crippen LogP contribution in [-0.4, -0.2) is 36.0 Å². The third kappa shape index (κ3) is 3.39. The van der Waals surface area contributed by atoms with E-state index in [1.807, 2.05) is 0 Å². The number of benzene rings is 2. The minimum Gasteiger partial charge on any atom is -0.503 e. The van der Waals surface area contributed by atoms with Crippen LogP contribution in [0.2, 0.25) is 0 Å². The van der Waals surface area contributed by atoms with Crippen molar-refractivity contribution in [2.45, 2.75) is 6.04 Å². The molecule has 0 saturated carbocycles. The zero-order chi connectivity index (χ0) is 24.0. The number of methoxy groups -OCH3 is 2. The monoisotopic (exact) mass is 480 g/mol. The topological polar surface area (TPSA) is 102 Å². The molecule has 1 aliphatic rings. The molecule has 1 amide bonds. The molecule has 172 valence electrons. The van der Waals surface area contributed by atoms with E-state index in [0.717, 1.165) is 11.3 Å². The zero-order valence-corrected chi connectivity index (χ0v) is 18.8. The second-order valence-corrected chi connectivity index (χ2v) is 8.37. The van der Waals surface area contributed by atoms with Gasteiger partial charge in [-0.2, -0.15) is 0 Å². The lowest BCUT2D eigenvalue weighted by atomic mass is 9.94. The number of ketones is 1. The quantitative estimate of drug-likeness (QED) is 0.395. The summed E-state index contributed by atoms with van der Waals surface area (Å²) in [6.45, 7) is 0. The maximum Gasteiger partial charge on any atom is 0.296 e. The Morgan fingerprint density at radius 1 is 1.18 bits per heavy atom. The molecule has 1 unspecified atom stereocenters. The number of ether oxygens (including phenoxy) is 2. The molecule has 0 aliphatic carbocycles. The van der Waals surface area contributed by atoms with E-state index in [0.29, 0.717) is 27.3 Å². The third-order valence-electron chi connectivity index (χ3n) is 5.47. The molecule has 4 aromatic rings. The van der Waals surface area contributed by atoms with Crippen LogP contribution in [0.3, 0.4) is 0 Å². The van der Waals surface area contributed by atoms with Crippen molar-refractivity contribution >= 4 is 38.4 Å². The van der Waals surface area contributed by atoms with Gasteiger partial charge in [-0.3, -0.25) is 14.5 Å². The van der Waals surface area contributed by atoms with Gasteiger partial charge >= 0.3 is 0 Å². The maximum atomic E-state index is 13.8. The molecular weight excluding hydrogens is 463 g/mol. The molecule has 1 atom stereocenters. The van der Waals surface area contributed by atoms with E-state index in [2.05, 4.69) is 4.98 Å². The highest BCUT2D eigenvalue weighted by molar-refractivity contribution is 7.22. The summed E-state index contributed by atoms with van der Waals surface area (Å²) in [6.07, 6.45) is 1.32. The lowest BCUT2D eigenvalue weighted by molar-refractivity contribution is -0.117. The molecule has 34 heavy (non-hydrogen) atoms. The number of amides is 1. The molecule has 2 aromatic heterocycles. The fraction of sp³-hybridized carbons (Fsp3) is 0.125. The lowest BCUT2D eigenvalue weighted by Gasteiger charge is -2.26. The molecule has 1 N–H and O–H groups in total. The molecule has 0 fully saturated rings. The smallest absolute Gasteiger partial charge is 0.296 e. The van der Waals surface area contributed by atoms with Gasteiger partial charge in [-0.1, -0.05) is 11.3 Å². The minimum atomic E-state index is -1.11. The van der Waals surface area contributed by atoms with Gasteiger partial charge in [0, 0.05) is 5.56 Å². The number of anilines is 1. The Morgan fingerprint density at radius 2 is 2.00 bits per heavy atom. The molecule has 3 heterocycles. The van der Waals surface area contributed by atoms with Gasteiger partial charge in [-0.05, 0) is 48.5 Å². The van der Waals surface area contributed by atoms with Crippen LogP contribution >= 0.6 is 11.3 Å². The number of aliphatic hydroxyl groups is 1. The number of Topliss-reactive ketones (excluding diaryl/α,β-unsaturated/α-hetero) is 1. The van der Waals surface area contributed by atoms with Crippen molar-refractivity contribution in [3.8, 4) is 11.5 Å². The van der Waals surface area contributed by atoms with E-state index in [1.54, 1.807) is 18.2 Å². The van der Waals surface area contributed by atoms with Gasteiger partial charge in [-0.25, -0.2) is 9.37 Å². The largest absolute Gasteiger partial charge is 0.503 e. The van der Waals surface area contributed by atoms with Crippen LogP contribution in [0.1, 0.15) is 22.2 Å². The Bertz CT molecular complexity index is 1460. The molecule has 0 spiro atoms. The van der Waals surface area contributed by atoms with Crippen LogP contribution in [0.25, 0.3) is 10.2 Å². The second-order valence-electron chi connectivity index (χ2n) is 7.36. The van der Waals surface area contributed by atoms with Crippen molar-refractivity contribution in [3.05, 3.63) is 83.3 Å². The number of thiazole rings is 1. The number of carbonyl (C=O) groups is 2. The second kappa shape index (κ2) is 8.31. The van der Waals surface area contributed by atoms with Crippen LogP contribution in [0, 0.1) is 5.82 Å². The number of halogens is 1. The number of fused-ring (bicyclic) bond motifs is 1. The summed E-state index contributed by atoms with van der Waals surface area (Å²) in [6, 6.07) is 10.8. The van der Waals surface area contributed by atoms with Gasteiger partial charge in [-0.15, -0.1) is 0 Å². The van der Waals surface area contributed by atoms with E-state index in [-0.39, 0.29) is 16.5 Å². The standard InChI is InChI=1S/C24H17FN2O6S/c1-31-13-6-8-16(32-2)14(11-13)20-19(21(28)17-4-3-9-33-17)22(29)23(30)27(20)24-26-15-7-5-12(25)10-18(15)34-24/h3-11,20,29H,1-2H3. The Balaban J connectivity index is 1.74. The average molecular weight is 480 g/mol. The van der Waals surface area contributed by atoms with Gasteiger partial charge in [0.1, 0.15) is 23.4 Å². The molecule has 5 rings (SSSR count). The molecular formula is C24H17FN2O6S. The fourth-order valence-corrected chi connectivity index (χ4v) is 4.93. The van der Waals surface area contributed by atoms with E-state index in [1.165, 1.54) is 55.7 Å². The number of hydrogen-bond donors (Lipinski definition) is 1. The van der Waals surface area contributed by atoms with Crippen molar-refractivity contribution in [1.29, 1.82) is 0 Å². The van der Waals surface area contributed by atoms with Crippen LogP contribution in [0.15, 0.2) is 70.5 Å². The molecule has 2 aromatic carbocycles. The summed E-state index contributed by atoms with van der Waals surface area (Å²) in [5, 5.41) is 11.0. The summed E-state index contributed by atoms with van der Waals surface area (Å²) in [5.74, 6) is -1.92. The Hall–Kier alpha value is -4.18. The predicted molar refractivity (Wildman–Crippen MR) is 122 cm³/mol. The zero-order valence-electron chi connectivity index (χ0n) is 17.9. The first kappa shape index (κ1) is 21.7. The minimum absolute atomic E-state index is 0.0468. The van der Waals surface area contributed by atoms with Crippen molar-refractivity contribution in [2.24, 2.45) is 0 Å². The Kier molecular flexibility index (Phi) is 5.29. The number of carbonyl (C=O) groups excluding carboxylic acids is 2. The van der Waals surface area contributed by atoms with E-state index in [4.69, 9.17) is 13.9 Å². The van der Waals surface area contributed by atoms with Crippen molar-refractivity contribution in [2.75, 3.05) is 19.1 Å². The Morgan fingerprint density at radius 3 is 2.71 bits per heavy atom. The summed E-state index contributed by atoms with van der Waals surface area (Å²) < 4.78 is 30.4. The average Bonchev–Trinajstić information content (AvgIpc) is 3.57. The van der Waals surface area contributed by atoms with Crippen LogP contribution in [-0.2, 0) is 4.79 Å². The summed E-state index contributed by atoms with van der Waals surface area (Å²) in [5.41, 5.74) is 0.660. The number of rotatable bonds is 6. The first-order chi connectivity index (χ1) is 16.4. The van der Waals surface area contributed by atoms with Crippen LogP contribution in [0.5, 0.6) is 11.5 Å². The number of furan rings is 1. The Labute approximate surface area is 196 Å². The molecule has 8 nitrogen and oxygen atoms in total.